The number of benzene rings is 1. The van der Waals surface area contributed by atoms with Crippen molar-refractivity contribution in [2.75, 3.05) is 19.5 Å². The van der Waals surface area contributed by atoms with Crippen LogP contribution in [0.3, 0.4) is 0 Å². The first kappa shape index (κ1) is 11.7. The molecular weight excluding hydrogens is 260 g/mol. The van der Waals surface area contributed by atoms with E-state index >= 15 is 0 Å². The Bertz CT molecular complexity index is 391. The van der Waals surface area contributed by atoms with Gasteiger partial charge in [0.1, 0.15) is 5.75 Å². The Morgan fingerprint density at radius 3 is 2.80 bits per heavy atom. The lowest BCUT2D eigenvalue weighted by atomic mass is 10.2. The minimum absolute atomic E-state index is 0.493. The Hall–Kier alpha value is -1.36. The maximum Gasteiger partial charge on any atom is 0.232 e. The molecule has 0 heterocycles. The molecule has 0 spiro atoms. The zero-order chi connectivity index (χ0) is 11.3. The van der Waals surface area contributed by atoms with Crippen LogP contribution >= 0.6 is 15.9 Å². The Morgan fingerprint density at radius 2 is 2.27 bits per heavy atom. The van der Waals surface area contributed by atoms with Gasteiger partial charge in [0.15, 0.2) is 0 Å². The van der Waals surface area contributed by atoms with E-state index in [-0.39, 0.29) is 0 Å². The zero-order valence-electron chi connectivity index (χ0n) is 8.45. The van der Waals surface area contributed by atoms with Gasteiger partial charge in [-0.3, -0.25) is 4.79 Å². The number of methoxy groups -OCH3 is 1. The van der Waals surface area contributed by atoms with Crippen LogP contribution in [0.4, 0.5) is 5.69 Å². The Labute approximate surface area is 96.5 Å². The second kappa shape index (κ2) is 5.50. The lowest BCUT2D eigenvalue weighted by Crippen LogP contribution is -1.99. The highest BCUT2D eigenvalue weighted by molar-refractivity contribution is 9.10. The second-order valence-electron chi connectivity index (χ2n) is 2.71. The van der Waals surface area contributed by atoms with E-state index < -0.39 is 0 Å². The lowest BCUT2D eigenvalue weighted by molar-refractivity contribution is -0.106. The van der Waals surface area contributed by atoms with Gasteiger partial charge in [-0.15, -0.1) is 0 Å². The summed E-state index contributed by atoms with van der Waals surface area (Å²) in [7, 11) is 3.37. The van der Waals surface area contributed by atoms with Crippen LogP contribution < -0.4 is 10.1 Å². The van der Waals surface area contributed by atoms with Crippen LogP contribution in [0.1, 0.15) is 5.56 Å². The Balaban J connectivity index is 3.27. The number of aliphatic imine (C=N–C) groups is 1. The average molecular weight is 271 g/mol. The van der Waals surface area contributed by atoms with Gasteiger partial charge in [0.25, 0.3) is 0 Å². The number of nitrogens with zero attached hydrogens (tertiary/aromatic N) is 1. The number of carbonyl (C=O) groups is 1. The Kier molecular flexibility index (Phi) is 4.30. The van der Waals surface area contributed by atoms with Crippen LogP contribution in [-0.4, -0.2) is 26.8 Å². The van der Waals surface area contributed by atoms with E-state index in [1.54, 1.807) is 14.2 Å². The fourth-order valence-corrected chi connectivity index (χ4v) is 1.70. The Morgan fingerprint density at radius 1 is 1.53 bits per heavy atom. The molecule has 1 N–H and O–H groups in total. The maximum atomic E-state index is 10.2. The van der Waals surface area contributed by atoms with Crippen molar-refractivity contribution in [1.29, 1.82) is 0 Å². The first-order valence-electron chi connectivity index (χ1n) is 4.25. The number of amides is 1. The monoisotopic (exact) mass is 270 g/mol. The van der Waals surface area contributed by atoms with Crippen LogP contribution in [0.15, 0.2) is 21.6 Å². The molecule has 0 aliphatic heterocycles. The molecule has 0 fully saturated rings. The normalized spacial score (nSPS) is 10.3. The molecule has 80 valence electrons. The number of halogens is 1. The molecule has 0 aliphatic rings. The minimum atomic E-state index is 0.493. The van der Waals surface area contributed by atoms with Gasteiger partial charge in [-0.25, -0.2) is 4.99 Å². The van der Waals surface area contributed by atoms with Gasteiger partial charge in [0.05, 0.1) is 12.8 Å². The molecule has 1 aromatic rings. The fraction of sp³-hybridized carbons (Fsp3) is 0.200. The van der Waals surface area contributed by atoms with E-state index in [0.717, 1.165) is 15.7 Å². The number of nitrogens with one attached hydrogen (secondary N) is 1. The van der Waals surface area contributed by atoms with E-state index in [2.05, 4.69) is 26.2 Å². The predicted molar refractivity (Wildman–Crippen MR) is 63.9 cm³/mol. The zero-order valence-corrected chi connectivity index (χ0v) is 10.0. The summed E-state index contributed by atoms with van der Waals surface area (Å²) in [4.78, 5) is 13.7. The molecule has 0 unspecified atom stereocenters. The van der Waals surface area contributed by atoms with Crippen molar-refractivity contribution < 1.29 is 9.53 Å². The number of hydrogen-bond acceptors (Lipinski definition) is 3. The topological polar surface area (TPSA) is 50.7 Å². The molecular formula is C10H11BrN2O2. The summed E-state index contributed by atoms with van der Waals surface area (Å²) in [5, 5.41) is 3.00. The summed E-state index contributed by atoms with van der Waals surface area (Å²) in [6.07, 6.45) is 1.97. The summed E-state index contributed by atoms with van der Waals surface area (Å²) < 4.78 is 6.06. The number of anilines is 1. The molecule has 0 bridgehead atoms. The van der Waals surface area contributed by atoms with Crippen molar-refractivity contribution >= 4 is 34.2 Å². The van der Waals surface area contributed by atoms with Gasteiger partial charge in [0.2, 0.25) is 6.41 Å². The van der Waals surface area contributed by atoms with Crippen molar-refractivity contribution in [3.8, 4) is 5.75 Å². The van der Waals surface area contributed by atoms with Gasteiger partial charge in [0, 0.05) is 23.3 Å². The standard InChI is InChI=1S/C10H11BrN2O2/c1-12-10-7(5-13-6-14)3-8(11)4-9(10)15-2/h3-6,12H,1-2H3. The molecule has 0 saturated carbocycles. The van der Waals surface area contributed by atoms with Crippen LogP contribution in [0.5, 0.6) is 5.75 Å². The van der Waals surface area contributed by atoms with Gasteiger partial charge in [-0.1, -0.05) is 15.9 Å². The second-order valence-corrected chi connectivity index (χ2v) is 3.62. The number of rotatable bonds is 4. The summed E-state index contributed by atoms with van der Waals surface area (Å²) in [6.45, 7) is 0. The van der Waals surface area contributed by atoms with E-state index in [0.29, 0.717) is 12.2 Å². The van der Waals surface area contributed by atoms with Gasteiger partial charge >= 0.3 is 0 Å². The molecule has 0 aromatic heterocycles. The van der Waals surface area contributed by atoms with E-state index in [4.69, 9.17) is 4.74 Å². The van der Waals surface area contributed by atoms with Gasteiger partial charge in [-0.2, -0.15) is 0 Å². The SMILES string of the molecule is CNc1c(C=NC=O)cc(Br)cc1OC. The highest BCUT2D eigenvalue weighted by Gasteiger charge is 2.07. The van der Waals surface area contributed by atoms with Crippen LogP contribution in [0.25, 0.3) is 0 Å². The minimum Gasteiger partial charge on any atom is -0.495 e. The fourth-order valence-electron chi connectivity index (χ4n) is 1.24. The van der Waals surface area contributed by atoms with E-state index in [9.17, 15) is 4.79 Å². The first-order valence-corrected chi connectivity index (χ1v) is 5.04. The largest absolute Gasteiger partial charge is 0.495 e. The third-order valence-electron chi connectivity index (χ3n) is 1.84. The smallest absolute Gasteiger partial charge is 0.232 e. The van der Waals surface area contributed by atoms with Crippen LogP contribution in [0.2, 0.25) is 0 Å². The molecule has 1 aromatic carbocycles. The molecule has 15 heavy (non-hydrogen) atoms. The quantitative estimate of drug-likeness (QED) is 0.673. The summed E-state index contributed by atoms with van der Waals surface area (Å²) >= 11 is 3.35. The van der Waals surface area contributed by atoms with Crippen LogP contribution in [0, 0.1) is 0 Å². The average Bonchev–Trinajstić information content (AvgIpc) is 2.25. The highest BCUT2D eigenvalue weighted by Crippen LogP contribution is 2.31. The van der Waals surface area contributed by atoms with Crippen molar-refractivity contribution in [2.24, 2.45) is 4.99 Å². The molecule has 0 atom stereocenters. The van der Waals surface area contributed by atoms with Crippen molar-refractivity contribution in [3.05, 3.63) is 22.2 Å². The summed E-state index contributed by atoms with van der Waals surface area (Å²) in [5.74, 6) is 0.694. The molecule has 0 saturated heterocycles. The molecule has 0 radical (unpaired) electrons. The van der Waals surface area contributed by atoms with E-state index in [1.165, 1.54) is 6.21 Å². The van der Waals surface area contributed by atoms with Crippen LogP contribution in [-0.2, 0) is 4.79 Å². The van der Waals surface area contributed by atoms with Crippen molar-refractivity contribution in [2.45, 2.75) is 0 Å². The van der Waals surface area contributed by atoms with Gasteiger partial charge < -0.3 is 10.1 Å². The third-order valence-corrected chi connectivity index (χ3v) is 2.30. The highest BCUT2D eigenvalue weighted by atomic mass is 79.9. The molecule has 0 aliphatic carbocycles. The molecule has 4 nitrogen and oxygen atoms in total. The molecule has 5 heteroatoms. The molecule has 1 rings (SSSR count). The predicted octanol–water partition coefficient (Wildman–Crippen LogP) is 2.07. The van der Waals surface area contributed by atoms with E-state index in [1.807, 2.05) is 12.1 Å². The number of ether oxygens (including phenoxy) is 1. The number of hydrogen-bond donors (Lipinski definition) is 1. The first-order chi connectivity index (χ1) is 7.22. The lowest BCUT2D eigenvalue weighted by Gasteiger charge is -2.11. The van der Waals surface area contributed by atoms with Gasteiger partial charge in [-0.05, 0) is 12.1 Å². The van der Waals surface area contributed by atoms with Crippen molar-refractivity contribution in [3.63, 3.8) is 0 Å². The molecule has 1 amide bonds. The van der Waals surface area contributed by atoms with Crippen molar-refractivity contribution in [1.82, 2.24) is 0 Å². The third kappa shape index (κ3) is 2.79. The number of carbonyl (C=O) groups excluding carboxylic acids is 1. The summed E-state index contributed by atoms with van der Waals surface area (Å²) in [5.41, 5.74) is 1.59. The maximum absolute atomic E-state index is 10.2. The summed E-state index contributed by atoms with van der Waals surface area (Å²) in [6, 6.07) is 3.69.